The third-order valence-electron chi connectivity index (χ3n) is 5.90. The van der Waals surface area contributed by atoms with Crippen molar-refractivity contribution in [1.29, 1.82) is 0 Å². The van der Waals surface area contributed by atoms with E-state index < -0.39 is 6.04 Å². The number of anilines is 1. The quantitative estimate of drug-likeness (QED) is 0.561. The summed E-state index contributed by atoms with van der Waals surface area (Å²) in [6.45, 7) is 6.07. The van der Waals surface area contributed by atoms with E-state index in [4.69, 9.17) is 0 Å². The third-order valence-corrected chi connectivity index (χ3v) is 5.90. The van der Waals surface area contributed by atoms with Crippen molar-refractivity contribution in [3.63, 3.8) is 0 Å². The van der Waals surface area contributed by atoms with Gasteiger partial charge in [0.1, 0.15) is 6.04 Å². The number of carbonyl (C=O) groups is 3. The van der Waals surface area contributed by atoms with Crippen molar-refractivity contribution in [1.82, 2.24) is 4.90 Å². The van der Waals surface area contributed by atoms with E-state index in [9.17, 15) is 14.4 Å². The highest BCUT2D eigenvalue weighted by molar-refractivity contribution is 6.23. The molecule has 0 N–H and O–H groups in total. The molecule has 1 aliphatic rings. The second kappa shape index (κ2) is 8.79. The zero-order valence-electron chi connectivity index (χ0n) is 18.5. The van der Waals surface area contributed by atoms with Crippen molar-refractivity contribution >= 4 is 23.4 Å². The van der Waals surface area contributed by atoms with Gasteiger partial charge in [0, 0.05) is 12.1 Å². The van der Waals surface area contributed by atoms with Crippen LogP contribution in [0.15, 0.2) is 72.8 Å². The standard InChI is InChI=1S/C27H26N2O3/c1-18-8-12-21(13-9-18)17-28(26(31)23-7-5-4-6-20(23)3)24-16-25(30)29(27(24)32)22-14-10-19(2)11-15-22/h4-15,24H,16-17H2,1-3H3. The summed E-state index contributed by atoms with van der Waals surface area (Å²) in [5, 5.41) is 0. The maximum atomic E-state index is 13.6. The second-order valence-electron chi connectivity index (χ2n) is 8.36. The lowest BCUT2D eigenvalue weighted by Crippen LogP contribution is -2.45. The Morgan fingerprint density at radius 1 is 0.875 bits per heavy atom. The molecule has 1 unspecified atom stereocenters. The number of carbonyl (C=O) groups excluding carboxylic acids is 3. The minimum atomic E-state index is -0.850. The number of aryl methyl sites for hydroxylation is 3. The molecule has 0 aromatic heterocycles. The topological polar surface area (TPSA) is 57.7 Å². The van der Waals surface area contributed by atoms with Gasteiger partial charge in [0.15, 0.2) is 0 Å². The van der Waals surface area contributed by atoms with Gasteiger partial charge in [-0.15, -0.1) is 0 Å². The zero-order chi connectivity index (χ0) is 22.8. The van der Waals surface area contributed by atoms with Crippen molar-refractivity contribution in [3.05, 3.63) is 101 Å². The number of nitrogens with zero attached hydrogens (tertiary/aromatic N) is 2. The van der Waals surface area contributed by atoms with Crippen LogP contribution in [0.3, 0.4) is 0 Å². The van der Waals surface area contributed by atoms with E-state index >= 15 is 0 Å². The molecule has 0 saturated carbocycles. The predicted molar refractivity (Wildman–Crippen MR) is 124 cm³/mol. The van der Waals surface area contributed by atoms with Gasteiger partial charge in [0.05, 0.1) is 12.1 Å². The Labute approximate surface area is 188 Å². The van der Waals surface area contributed by atoms with Gasteiger partial charge in [-0.1, -0.05) is 65.7 Å². The Hall–Kier alpha value is -3.73. The van der Waals surface area contributed by atoms with Crippen LogP contribution in [-0.4, -0.2) is 28.7 Å². The fourth-order valence-electron chi connectivity index (χ4n) is 4.01. The molecular weight excluding hydrogens is 400 g/mol. The summed E-state index contributed by atoms with van der Waals surface area (Å²) in [5.74, 6) is -0.913. The average molecular weight is 427 g/mol. The number of imide groups is 1. The second-order valence-corrected chi connectivity index (χ2v) is 8.36. The van der Waals surface area contributed by atoms with Crippen molar-refractivity contribution in [3.8, 4) is 0 Å². The van der Waals surface area contributed by atoms with Crippen LogP contribution in [0, 0.1) is 20.8 Å². The van der Waals surface area contributed by atoms with Gasteiger partial charge >= 0.3 is 0 Å². The van der Waals surface area contributed by atoms with Crippen LogP contribution in [0.25, 0.3) is 0 Å². The lowest BCUT2D eigenvalue weighted by Gasteiger charge is -2.28. The van der Waals surface area contributed by atoms with E-state index in [0.29, 0.717) is 11.3 Å². The summed E-state index contributed by atoms with van der Waals surface area (Å²) < 4.78 is 0. The van der Waals surface area contributed by atoms with Gasteiger partial charge in [-0.3, -0.25) is 14.4 Å². The van der Waals surface area contributed by atoms with Gasteiger partial charge in [-0.2, -0.15) is 0 Å². The minimum Gasteiger partial charge on any atom is -0.322 e. The molecule has 1 aliphatic heterocycles. The first-order valence-corrected chi connectivity index (χ1v) is 10.7. The fourth-order valence-corrected chi connectivity index (χ4v) is 4.01. The molecule has 162 valence electrons. The Kier molecular flexibility index (Phi) is 5.91. The van der Waals surface area contributed by atoms with Gasteiger partial charge in [0.25, 0.3) is 11.8 Å². The number of rotatable bonds is 5. The summed E-state index contributed by atoms with van der Waals surface area (Å²) in [4.78, 5) is 42.7. The van der Waals surface area contributed by atoms with E-state index in [1.165, 1.54) is 4.90 Å². The Morgan fingerprint density at radius 3 is 2.09 bits per heavy atom. The van der Waals surface area contributed by atoms with Crippen molar-refractivity contribution in [2.24, 2.45) is 0 Å². The molecule has 0 bridgehead atoms. The minimum absolute atomic E-state index is 0.0316. The maximum absolute atomic E-state index is 13.6. The van der Waals surface area contributed by atoms with Crippen molar-refractivity contribution in [2.45, 2.75) is 39.8 Å². The van der Waals surface area contributed by atoms with Crippen LogP contribution >= 0.6 is 0 Å². The van der Waals surface area contributed by atoms with Gasteiger partial charge in [-0.05, 0) is 50.1 Å². The van der Waals surface area contributed by atoms with Crippen LogP contribution in [0.4, 0.5) is 5.69 Å². The average Bonchev–Trinajstić information content (AvgIpc) is 3.07. The molecule has 0 radical (unpaired) electrons. The molecule has 1 fully saturated rings. The molecule has 1 heterocycles. The lowest BCUT2D eigenvalue weighted by atomic mass is 10.0. The number of amides is 3. The third kappa shape index (κ3) is 4.19. The first-order chi connectivity index (χ1) is 15.3. The highest BCUT2D eigenvalue weighted by Crippen LogP contribution is 2.28. The SMILES string of the molecule is Cc1ccc(CN(C(=O)c2ccccc2C)C2CC(=O)N(c3ccc(C)cc3)C2=O)cc1. The van der Waals surface area contributed by atoms with Gasteiger partial charge in [-0.25, -0.2) is 4.90 Å². The monoisotopic (exact) mass is 426 g/mol. The number of hydrogen-bond donors (Lipinski definition) is 0. The van der Waals surface area contributed by atoms with E-state index in [2.05, 4.69) is 0 Å². The zero-order valence-corrected chi connectivity index (χ0v) is 18.5. The largest absolute Gasteiger partial charge is 0.322 e. The van der Waals surface area contributed by atoms with E-state index in [0.717, 1.165) is 22.3 Å². The van der Waals surface area contributed by atoms with Crippen LogP contribution in [0.5, 0.6) is 0 Å². The van der Waals surface area contributed by atoms with Crippen LogP contribution < -0.4 is 4.90 Å². The summed E-state index contributed by atoms with van der Waals surface area (Å²) in [6, 6.07) is 21.6. The first-order valence-electron chi connectivity index (χ1n) is 10.7. The lowest BCUT2D eigenvalue weighted by molar-refractivity contribution is -0.122. The molecule has 32 heavy (non-hydrogen) atoms. The van der Waals surface area contributed by atoms with Crippen LogP contribution in [0.1, 0.15) is 39.0 Å². The van der Waals surface area contributed by atoms with Crippen molar-refractivity contribution < 1.29 is 14.4 Å². The summed E-state index contributed by atoms with van der Waals surface area (Å²) >= 11 is 0. The Balaban J connectivity index is 1.70. The molecular formula is C27H26N2O3. The highest BCUT2D eigenvalue weighted by atomic mass is 16.2. The molecule has 5 nitrogen and oxygen atoms in total. The van der Waals surface area contributed by atoms with Crippen LogP contribution in [-0.2, 0) is 16.1 Å². The normalized spacial score (nSPS) is 15.8. The summed E-state index contributed by atoms with van der Waals surface area (Å²) in [5.41, 5.74) is 4.97. The Morgan fingerprint density at radius 2 is 1.47 bits per heavy atom. The predicted octanol–water partition coefficient (Wildman–Crippen LogP) is 4.59. The molecule has 0 spiro atoms. The molecule has 5 heteroatoms. The molecule has 3 amide bonds. The highest BCUT2D eigenvalue weighted by Gasteiger charge is 2.44. The smallest absolute Gasteiger partial charge is 0.257 e. The van der Waals surface area contributed by atoms with E-state index in [1.54, 1.807) is 23.1 Å². The maximum Gasteiger partial charge on any atom is 0.257 e. The molecule has 3 aromatic rings. The number of benzene rings is 3. The molecule has 3 aromatic carbocycles. The molecule has 1 saturated heterocycles. The van der Waals surface area contributed by atoms with Crippen LogP contribution in [0.2, 0.25) is 0 Å². The van der Waals surface area contributed by atoms with Crippen molar-refractivity contribution in [2.75, 3.05) is 4.90 Å². The fraction of sp³-hybridized carbons (Fsp3) is 0.222. The summed E-state index contributed by atoms with van der Waals surface area (Å²) in [6.07, 6.45) is -0.0316. The molecule has 0 aliphatic carbocycles. The molecule has 1 atom stereocenters. The van der Waals surface area contributed by atoms with Gasteiger partial charge < -0.3 is 4.90 Å². The molecule has 4 rings (SSSR count). The van der Waals surface area contributed by atoms with Gasteiger partial charge in [0.2, 0.25) is 5.91 Å². The Bertz CT molecular complexity index is 1170. The van der Waals surface area contributed by atoms with E-state index in [1.807, 2.05) is 75.4 Å². The number of hydrogen-bond acceptors (Lipinski definition) is 3. The summed E-state index contributed by atoms with van der Waals surface area (Å²) in [7, 11) is 0. The van der Waals surface area contributed by atoms with E-state index in [-0.39, 0.29) is 30.7 Å². The first kappa shape index (κ1) is 21.5.